The lowest BCUT2D eigenvalue weighted by Crippen LogP contribution is -2.67. The third kappa shape index (κ3) is 13.4. The maximum Gasteiger partial charge on any atom is 0.406 e. The summed E-state index contributed by atoms with van der Waals surface area (Å²) in [6.07, 6.45) is -5.07. The number of likely N-dealkylation sites (tertiary alicyclic amines) is 1. The molecule has 17 heteroatoms. The number of ether oxygens (including phenoxy) is 2. The summed E-state index contributed by atoms with van der Waals surface area (Å²) < 4.78 is 77.6. The highest BCUT2D eigenvalue weighted by Crippen LogP contribution is 2.38. The molecule has 0 spiro atoms. The molecule has 6 atom stereocenters. The highest BCUT2D eigenvalue weighted by Gasteiger charge is 2.50. The molecule has 1 saturated heterocycles. The summed E-state index contributed by atoms with van der Waals surface area (Å²) in [4.78, 5) is 32.1. The van der Waals surface area contributed by atoms with Crippen molar-refractivity contribution in [1.82, 2.24) is 20.1 Å². The first-order chi connectivity index (χ1) is 37.6. The Labute approximate surface area is 463 Å². The van der Waals surface area contributed by atoms with Crippen molar-refractivity contribution in [3.63, 3.8) is 0 Å². The number of likely N-dealkylation sites (N-methyl/N-ethyl adjacent to an activating group) is 1. The summed E-state index contributed by atoms with van der Waals surface area (Å²) >= 11 is 0. The monoisotopic (exact) mass is 1100 g/mol. The van der Waals surface area contributed by atoms with Crippen molar-refractivity contribution >= 4 is 58.5 Å². The topological polar surface area (TPSA) is 121 Å². The lowest BCUT2D eigenvalue weighted by molar-refractivity contribution is -0.140. The van der Waals surface area contributed by atoms with E-state index in [0.29, 0.717) is 65.3 Å². The fraction of sp³-hybridized carbons (Fsp3) is 0.419. The lowest BCUT2D eigenvalue weighted by atomic mass is 9.95. The summed E-state index contributed by atoms with van der Waals surface area (Å²) in [5.74, 6) is 6.42. The van der Waals surface area contributed by atoms with Gasteiger partial charge in [-0.1, -0.05) is 113 Å². The number of carbonyl (C=O) groups is 2. The molecule has 5 aromatic carbocycles. The number of hydrogen-bond donors (Lipinski definition) is 4. The number of alkyl halides is 4. The second-order valence-corrected chi connectivity index (χ2v) is 26.7. The van der Waals surface area contributed by atoms with Gasteiger partial charge < -0.3 is 49.5 Å². The molecule has 0 radical (unpaired) electrons. The van der Waals surface area contributed by atoms with Crippen LogP contribution in [0, 0.1) is 17.8 Å². The quantitative estimate of drug-likeness (QED) is 0.0402. The van der Waals surface area contributed by atoms with Crippen molar-refractivity contribution in [2.24, 2.45) is 5.92 Å². The van der Waals surface area contributed by atoms with E-state index in [1.54, 1.807) is 42.5 Å². The molecule has 0 bridgehead atoms. The van der Waals surface area contributed by atoms with Crippen LogP contribution in [0.25, 0.3) is 10.9 Å². The van der Waals surface area contributed by atoms with Gasteiger partial charge in [0.05, 0.1) is 55.3 Å². The first-order valence-corrected chi connectivity index (χ1v) is 29.0. The van der Waals surface area contributed by atoms with E-state index in [1.807, 2.05) is 75.9 Å². The molecule has 0 saturated carbocycles. The number of carbonyl (C=O) groups excluding carboxylic acids is 2. The average molecular weight is 1100 g/mol. The van der Waals surface area contributed by atoms with Gasteiger partial charge in [0.25, 0.3) is 14.2 Å². The van der Waals surface area contributed by atoms with Gasteiger partial charge in [0.2, 0.25) is 5.91 Å². The molecule has 79 heavy (non-hydrogen) atoms. The van der Waals surface area contributed by atoms with Crippen LogP contribution in [0.15, 0.2) is 121 Å². The zero-order valence-electron chi connectivity index (χ0n) is 46.9. The zero-order chi connectivity index (χ0) is 56.8. The van der Waals surface area contributed by atoms with Crippen LogP contribution in [0.3, 0.4) is 0 Å². The Morgan fingerprint density at radius 1 is 0.873 bits per heavy atom. The van der Waals surface area contributed by atoms with E-state index in [9.17, 15) is 22.8 Å². The standard InChI is InChI=1S/C62H75F4N7O5Si/c1-40(2)58-60(75)69-45(38-77-79(61(5,6)7,48-20-13-11-14-21-48)49-22-15-12-16-23-49)33-43-26-28-47(36-56(43)72(58)9)78-42(4)41(3)68-59(74)44-27-29-57(76-10)54(34-44)67-31-18-19-46-35-50-52(70-53-30-32-71(8)37-51(53)63)24-17-25-55(50)73(46)39-62(64,65)66/h11-17,20-29,34-36,40-42,45,51,53,58,67,70H,30-33,37-39H2,1-10H3,(H,68,74)(H,69,75)/t41-,42-,45+,51-,53+,58+/m1/s1. The highest BCUT2D eigenvalue weighted by atomic mass is 28.4. The molecule has 3 heterocycles. The zero-order valence-corrected chi connectivity index (χ0v) is 47.9. The van der Waals surface area contributed by atoms with Crippen LogP contribution in [-0.2, 0) is 22.2 Å². The highest BCUT2D eigenvalue weighted by molar-refractivity contribution is 6.99. The Morgan fingerprint density at radius 3 is 2.20 bits per heavy atom. The van der Waals surface area contributed by atoms with Gasteiger partial charge in [-0.3, -0.25) is 9.59 Å². The first-order valence-electron chi connectivity index (χ1n) is 27.1. The Kier molecular flexibility index (Phi) is 18.1. The Balaban J connectivity index is 0.951. The van der Waals surface area contributed by atoms with E-state index in [0.717, 1.165) is 15.8 Å². The minimum atomic E-state index is -4.52. The van der Waals surface area contributed by atoms with Crippen LogP contribution in [0.2, 0.25) is 5.04 Å². The van der Waals surface area contributed by atoms with Crippen LogP contribution in [0.1, 0.15) is 76.5 Å². The van der Waals surface area contributed by atoms with E-state index in [4.69, 9.17) is 13.9 Å². The Morgan fingerprint density at radius 2 is 1.57 bits per heavy atom. The number of methoxy groups -OCH3 is 1. The molecule has 420 valence electrons. The van der Waals surface area contributed by atoms with Crippen LogP contribution in [0.4, 0.5) is 34.6 Å². The molecule has 0 unspecified atom stereocenters. The summed E-state index contributed by atoms with van der Waals surface area (Å²) in [6, 6.07) is 36.7. The molecule has 2 aliphatic rings. The van der Waals surface area contributed by atoms with Gasteiger partial charge in [0, 0.05) is 48.5 Å². The van der Waals surface area contributed by atoms with Crippen molar-refractivity contribution in [2.45, 2.75) is 116 Å². The minimum Gasteiger partial charge on any atom is -0.495 e. The predicted octanol–water partition coefficient (Wildman–Crippen LogP) is 9.79. The molecule has 2 amide bonds. The van der Waals surface area contributed by atoms with Gasteiger partial charge in [-0.25, -0.2) is 4.39 Å². The van der Waals surface area contributed by atoms with E-state index in [-0.39, 0.29) is 47.6 Å². The second-order valence-electron chi connectivity index (χ2n) is 22.4. The van der Waals surface area contributed by atoms with Crippen molar-refractivity contribution in [3.05, 3.63) is 138 Å². The summed E-state index contributed by atoms with van der Waals surface area (Å²) in [5, 5.41) is 15.5. The smallest absolute Gasteiger partial charge is 0.406 e. The molecule has 1 aromatic heterocycles. The number of benzene rings is 5. The van der Waals surface area contributed by atoms with E-state index in [1.165, 1.54) is 17.5 Å². The van der Waals surface area contributed by atoms with Gasteiger partial charge in [-0.05, 0) is 109 Å². The number of rotatable bonds is 17. The van der Waals surface area contributed by atoms with E-state index < -0.39 is 51.4 Å². The Bertz CT molecular complexity index is 3100. The molecule has 4 N–H and O–H groups in total. The summed E-state index contributed by atoms with van der Waals surface area (Å²) in [6.45, 7) is 14.6. The van der Waals surface area contributed by atoms with Crippen LogP contribution in [-0.4, -0.2) is 120 Å². The second kappa shape index (κ2) is 24.6. The van der Waals surface area contributed by atoms with Crippen LogP contribution in [0.5, 0.6) is 11.5 Å². The summed E-state index contributed by atoms with van der Waals surface area (Å²) in [5.41, 5.74) is 3.72. The maximum absolute atomic E-state index is 15.0. The lowest BCUT2D eigenvalue weighted by Gasteiger charge is -2.44. The first kappa shape index (κ1) is 58.2. The number of hydrogen-bond acceptors (Lipinski definition) is 9. The van der Waals surface area contributed by atoms with Crippen LogP contribution < -0.4 is 46.0 Å². The van der Waals surface area contributed by atoms with Crippen molar-refractivity contribution in [3.8, 4) is 23.3 Å². The van der Waals surface area contributed by atoms with Crippen molar-refractivity contribution in [2.75, 3.05) is 63.0 Å². The van der Waals surface area contributed by atoms with Gasteiger partial charge >= 0.3 is 6.18 Å². The van der Waals surface area contributed by atoms with E-state index in [2.05, 4.69) is 108 Å². The largest absolute Gasteiger partial charge is 0.495 e. The minimum absolute atomic E-state index is 0.00936. The molecule has 12 nitrogen and oxygen atoms in total. The fourth-order valence-corrected chi connectivity index (χ4v) is 15.8. The Hall–Kier alpha value is -7.00. The molecule has 8 rings (SSSR count). The third-order valence-electron chi connectivity index (χ3n) is 15.3. The number of aromatic nitrogens is 1. The van der Waals surface area contributed by atoms with Gasteiger partial charge in [-0.2, -0.15) is 13.2 Å². The number of piperidine rings is 1. The van der Waals surface area contributed by atoms with E-state index >= 15 is 4.39 Å². The van der Waals surface area contributed by atoms with Gasteiger partial charge in [0.15, 0.2) is 0 Å². The van der Waals surface area contributed by atoms with Gasteiger partial charge in [-0.15, -0.1) is 0 Å². The van der Waals surface area contributed by atoms with Gasteiger partial charge in [0.1, 0.15) is 36.4 Å². The SMILES string of the molecule is COc1ccc(C(=O)N[C@H](C)[C@@H](C)Oc2ccc3c(c2)N(C)[C@@H](C(C)C)C(=O)N[C@H](CO[Si](c2ccccc2)(c2ccccc2)C(C)(C)C)C3)cc1NCC#Cc1cc2c(N[C@H]3CCN(C)C[C@H]3F)cccc2n1CC(F)(F)F. The molecule has 0 aliphatic carbocycles. The number of nitrogens with one attached hydrogen (secondary N) is 4. The molecular weight excluding hydrogens is 1030 g/mol. The normalized spacial score (nSPS) is 19.0. The van der Waals surface area contributed by atoms with Crippen LogP contribution >= 0.6 is 0 Å². The van der Waals surface area contributed by atoms with Crippen molar-refractivity contribution < 1.29 is 41.1 Å². The number of amides is 2. The molecule has 1 fully saturated rings. The number of halogens is 4. The fourth-order valence-electron chi connectivity index (χ4n) is 11.2. The average Bonchev–Trinajstić information content (AvgIpc) is 3.85. The molecular formula is C62H75F4N7O5Si. The third-order valence-corrected chi connectivity index (χ3v) is 20.3. The predicted molar refractivity (Wildman–Crippen MR) is 310 cm³/mol. The maximum atomic E-state index is 15.0. The number of anilines is 3. The van der Waals surface area contributed by atoms with Crippen molar-refractivity contribution in [1.29, 1.82) is 0 Å². The summed E-state index contributed by atoms with van der Waals surface area (Å²) in [7, 11) is 2.38. The number of nitrogens with zero attached hydrogens (tertiary/aromatic N) is 3. The number of fused-ring (bicyclic) bond motifs is 2. The molecule has 6 aromatic rings. The molecule has 2 aliphatic heterocycles.